The van der Waals surface area contributed by atoms with Crippen molar-refractivity contribution in [1.29, 1.82) is 0 Å². The molecule has 0 aliphatic rings. The van der Waals surface area contributed by atoms with Crippen LogP contribution in [0.2, 0.25) is 0 Å². The first kappa shape index (κ1) is 12.6. The Labute approximate surface area is 106 Å². The van der Waals surface area contributed by atoms with Gasteiger partial charge >= 0.3 is 0 Å². The molecule has 0 bridgehead atoms. The molecule has 5 nitrogen and oxygen atoms in total. The summed E-state index contributed by atoms with van der Waals surface area (Å²) in [6.45, 7) is 2.48. The largest absolute Gasteiger partial charge is 0.485 e. The zero-order valence-electron chi connectivity index (χ0n) is 10.6. The molecule has 0 saturated heterocycles. The minimum absolute atomic E-state index is 0.322. The topological polar surface area (TPSA) is 60.2 Å². The van der Waals surface area contributed by atoms with E-state index in [9.17, 15) is 0 Å². The lowest BCUT2D eigenvalue weighted by molar-refractivity contribution is 0.286. The molecule has 0 spiro atoms. The van der Waals surface area contributed by atoms with Crippen molar-refractivity contribution in [3.8, 4) is 5.75 Å². The predicted molar refractivity (Wildman–Crippen MR) is 67.3 cm³/mol. The molecule has 0 fully saturated rings. The zero-order valence-corrected chi connectivity index (χ0v) is 10.6. The van der Waals surface area contributed by atoms with Crippen molar-refractivity contribution >= 4 is 0 Å². The Balaban J connectivity index is 1.87. The molecule has 1 N–H and O–H groups in total. The quantitative estimate of drug-likeness (QED) is 0.843. The fraction of sp³-hybridized carbons (Fsp3) is 0.385. The van der Waals surface area contributed by atoms with Crippen LogP contribution in [0.5, 0.6) is 5.75 Å². The summed E-state index contributed by atoms with van der Waals surface area (Å²) in [6.07, 6.45) is 2.29. The van der Waals surface area contributed by atoms with Crippen molar-refractivity contribution in [3.05, 3.63) is 42.0 Å². The average molecular weight is 247 g/mol. The van der Waals surface area contributed by atoms with Crippen LogP contribution in [0, 0.1) is 0 Å². The second-order valence-corrected chi connectivity index (χ2v) is 4.17. The smallest absolute Gasteiger partial charge is 0.213 e. The lowest BCUT2D eigenvalue weighted by Crippen LogP contribution is -2.23. The van der Waals surface area contributed by atoms with Gasteiger partial charge < -0.3 is 14.6 Å². The van der Waals surface area contributed by atoms with Gasteiger partial charge in [0.05, 0.1) is 0 Å². The Morgan fingerprint density at radius 1 is 1.33 bits per heavy atom. The first-order valence-corrected chi connectivity index (χ1v) is 5.92. The lowest BCUT2D eigenvalue weighted by Gasteiger charge is -2.10. The maximum absolute atomic E-state index is 5.54. The normalized spacial score (nSPS) is 12.3. The molecule has 0 amide bonds. The van der Waals surface area contributed by atoms with Crippen LogP contribution in [0.3, 0.4) is 0 Å². The lowest BCUT2D eigenvalue weighted by atomic mass is 10.1. The molecule has 1 aromatic heterocycles. The van der Waals surface area contributed by atoms with Gasteiger partial charge in [-0.15, -0.1) is 0 Å². The Bertz CT molecular complexity index is 454. The van der Waals surface area contributed by atoms with E-state index < -0.39 is 0 Å². The van der Waals surface area contributed by atoms with Crippen molar-refractivity contribution in [3.63, 3.8) is 0 Å². The van der Waals surface area contributed by atoms with Crippen LogP contribution in [0.15, 0.2) is 35.2 Å². The summed E-state index contributed by atoms with van der Waals surface area (Å²) >= 11 is 0. The van der Waals surface area contributed by atoms with Gasteiger partial charge in [0.25, 0.3) is 0 Å². The van der Waals surface area contributed by atoms with Crippen molar-refractivity contribution in [2.24, 2.45) is 0 Å². The van der Waals surface area contributed by atoms with E-state index >= 15 is 0 Å². The Kier molecular flexibility index (Phi) is 4.30. The summed E-state index contributed by atoms with van der Waals surface area (Å²) in [4.78, 5) is 3.89. The summed E-state index contributed by atoms with van der Waals surface area (Å²) in [7, 11) is 1.97. The number of aromatic nitrogens is 2. The van der Waals surface area contributed by atoms with Crippen molar-refractivity contribution in [1.82, 2.24) is 15.5 Å². The van der Waals surface area contributed by atoms with Crippen LogP contribution in [0.25, 0.3) is 0 Å². The molecular formula is C13H17N3O2. The average Bonchev–Trinajstić information content (AvgIpc) is 2.91. The van der Waals surface area contributed by atoms with Gasteiger partial charge in [-0.3, -0.25) is 0 Å². The molecule has 1 unspecified atom stereocenters. The summed E-state index contributed by atoms with van der Waals surface area (Å²) in [6, 6.07) is 8.52. The predicted octanol–water partition coefficient (Wildman–Crippen LogP) is 1.80. The van der Waals surface area contributed by atoms with E-state index in [-0.39, 0.29) is 0 Å². The van der Waals surface area contributed by atoms with Gasteiger partial charge in [-0.2, -0.15) is 4.98 Å². The van der Waals surface area contributed by atoms with E-state index in [1.165, 1.54) is 12.0 Å². The number of rotatable bonds is 6. The van der Waals surface area contributed by atoms with E-state index in [1.54, 1.807) is 0 Å². The third kappa shape index (κ3) is 3.56. The molecule has 96 valence electrons. The minimum atomic E-state index is 0.322. The number of hydrogen-bond donors (Lipinski definition) is 1. The molecule has 1 atom stereocenters. The van der Waals surface area contributed by atoms with Crippen molar-refractivity contribution in [2.45, 2.75) is 26.0 Å². The molecule has 18 heavy (non-hydrogen) atoms. The van der Waals surface area contributed by atoms with E-state index in [2.05, 4.69) is 39.0 Å². The number of hydrogen-bond acceptors (Lipinski definition) is 5. The van der Waals surface area contributed by atoms with Crippen LogP contribution < -0.4 is 10.1 Å². The second kappa shape index (κ2) is 6.16. The van der Waals surface area contributed by atoms with Gasteiger partial charge in [0.2, 0.25) is 12.2 Å². The highest BCUT2D eigenvalue weighted by Gasteiger charge is 2.02. The fourth-order valence-electron chi connectivity index (χ4n) is 1.58. The Hall–Kier alpha value is -1.88. The summed E-state index contributed by atoms with van der Waals surface area (Å²) in [5, 5.41) is 6.89. The number of nitrogens with one attached hydrogen (secondary N) is 1. The molecular weight excluding hydrogens is 230 g/mol. The van der Waals surface area contributed by atoms with Gasteiger partial charge in [0, 0.05) is 6.04 Å². The van der Waals surface area contributed by atoms with Crippen LogP contribution in [-0.4, -0.2) is 23.2 Å². The zero-order chi connectivity index (χ0) is 12.8. The number of ether oxygens (including phenoxy) is 1. The summed E-state index contributed by atoms with van der Waals surface area (Å²) in [5.74, 6) is 1.35. The highest BCUT2D eigenvalue weighted by molar-refractivity contribution is 5.27. The maximum atomic E-state index is 5.54. The molecule has 2 aromatic rings. The molecule has 5 heteroatoms. The van der Waals surface area contributed by atoms with Gasteiger partial charge in [-0.1, -0.05) is 17.3 Å². The standard InChI is InChI=1S/C13H17N3O2/c1-10(14-2)7-11-3-5-12(6-4-11)17-8-13-15-9-18-16-13/h3-6,9-10,14H,7-8H2,1-2H3. The molecule has 0 radical (unpaired) electrons. The molecule has 0 aliphatic carbocycles. The monoisotopic (exact) mass is 247 g/mol. The van der Waals surface area contributed by atoms with E-state index in [4.69, 9.17) is 4.74 Å². The Morgan fingerprint density at radius 2 is 2.11 bits per heavy atom. The molecule has 0 saturated carbocycles. The molecule has 1 heterocycles. The van der Waals surface area contributed by atoms with Crippen LogP contribution in [0.4, 0.5) is 0 Å². The number of nitrogens with zero attached hydrogens (tertiary/aromatic N) is 2. The summed E-state index contributed by atoms with van der Waals surface area (Å²) in [5.41, 5.74) is 1.28. The minimum Gasteiger partial charge on any atom is -0.485 e. The highest BCUT2D eigenvalue weighted by atomic mass is 16.5. The van der Waals surface area contributed by atoms with Crippen molar-refractivity contribution in [2.75, 3.05) is 7.05 Å². The number of likely N-dealkylation sites (N-methyl/N-ethyl adjacent to an activating group) is 1. The number of benzene rings is 1. The van der Waals surface area contributed by atoms with E-state index in [0.717, 1.165) is 12.2 Å². The third-order valence-corrected chi connectivity index (χ3v) is 2.73. The molecule has 1 aromatic carbocycles. The SMILES string of the molecule is CNC(C)Cc1ccc(OCc2ncon2)cc1. The van der Waals surface area contributed by atoms with Gasteiger partial charge in [-0.05, 0) is 38.1 Å². The van der Waals surface area contributed by atoms with Crippen LogP contribution >= 0.6 is 0 Å². The summed E-state index contributed by atoms with van der Waals surface area (Å²) < 4.78 is 10.2. The first-order valence-electron chi connectivity index (χ1n) is 5.92. The Morgan fingerprint density at radius 3 is 2.72 bits per heavy atom. The van der Waals surface area contributed by atoms with Crippen LogP contribution in [0.1, 0.15) is 18.3 Å². The van der Waals surface area contributed by atoms with Gasteiger partial charge in [0.15, 0.2) is 6.61 Å². The van der Waals surface area contributed by atoms with Gasteiger partial charge in [0.1, 0.15) is 5.75 Å². The molecule has 2 rings (SSSR count). The first-order chi connectivity index (χ1) is 8.78. The van der Waals surface area contributed by atoms with Crippen LogP contribution in [-0.2, 0) is 13.0 Å². The van der Waals surface area contributed by atoms with E-state index in [1.807, 2.05) is 19.2 Å². The van der Waals surface area contributed by atoms with E-state index in [0.29, 0.717) is 18.5 Å². The second-order valence-electron chi connectivity index (χ2n) is 4.17. The molecule has 0 aliphatic heterocycles. The fourth-order valence-corrected chi connectivity index (χ4v) is 1.58. The highest BCUT2D eigenvalue weighted by Crippen LogP contribution is 2.14. The van der Waals surface area contributed by atoms with Gasteiger partial charge in [-0.25, -0.2) is 0 Å². The third-order valence-electron chi connectivity index (χ3n) is 2.73. The van der Waals surface area contributed by atoms with Crippen molar-refractivity contribution < 1.29 is 9.26 Å². The maximum Gasteiger partial charge on any atom is 0.213 e.